The van der Waals surface area contributed by atoms with E-state index in [1.54, 1.807) is 12.1 Å². The first-order valence-electron chi connectivity index (χ1n) is 8.42. The minimum Gasteiger partial charge on any atom is -0.493 e. The maximum absolute atomic E-state index is 12.6. The molecule has 2 N–H and O–H groups in total. The first-order valence-corrected chi connectivity index (χ1v) is 8.83. The van der Waals surface area contributed by atoms with Gasteiger partial charge in [-0.15, -0.1) is 0 Å². The Morgan fingerprint density at radius 2 is 1.59 bits per heavy atom. The third kappa shape index (κ3) is 4.89. The Balaban J connectivity index is 2.19. The second-order valence-electron chi connectivity index (χ2n) is 6.06. The number of para-hydroxylation sites is 1. The van der Waals surface area contributed by atoms with Crippen LogP contribution in [-0.2, 0) is 0 Å². The highest BCUT2D eigenvalue weighted by atomic mass is 32.1. The number of anilines is 1. The number of carbonyl (C=O) groups is 1. The summed E-state index contributed by atoms with van der Waals surface area (Å²) in [5.41, 5.74) is 2.32. The van der Waals surface area contributed by atoms with Crippen LogP contribution in [0.3, 0.4) is 0 Å². The van der Waals surface area contributed by atoms with Crippen molar-refractivity contribution in [2.75, 3.05) is 26.6 Å². The van der Waals surface area contributed by atoms with Crippen LogP contribution in [0.2, 0.25) is 0 Å². The predicted molar refractivity (Wildman–Crippen MR) is 110 cm³/mol. The maximum Gasteiger partial charge on any atom is 0.257 e. The minimum absolute atomic E-state index is 0.210. The van der Waals surface area contributed by atoms with Gasteiger partial charge < -0.3 is 19.5 Å². The summed E-state index contributed by atoms with van der Waals surface area (Å²) in [6.07, 6.45) is 0. The Bertz CT molecular complexity index is 811. The van der Waals surface area contributed by atoms with E-state index in [2.05, 4.69) is 24.5 Å². The molecule has 0 heterocycles. The lowest BCUT2D eigenvalue weighted by molar-refractivity contribution is 0.0977. The van der Waals surface area contributed by atoms with Crippen LogP contribution in [0.1, 0.15) is 35.7 Å². The van der Waals surface area contributed by atoms with Crippen LogP contribution in [0.4, 0.5) is 5.69 Å². The van der Waals surface area contributed by atoms with Crippen LogP contribution in [0.15, 0.2) is 36.4 Å². The fraction of sp³-hybridized carbons (Fsp3) is 0.300. The Labute approximate surface area is 164 Å². The zero-order valence-corrected chi connectivity index (χ0v) is 16.9. The van der Waals surface area contributed by atoms with Crippen molar-refractivity contribution in [3.8, 4) is 17.2 Å². The normalized spacial score (nSPS) is 10.3. The van der Waals surface area contributed by atoms with E-state index in [0.717, 1.165) is 11.3 Å². The predicted octanol–water partition coefficient (Wildman–Crippen LogP) is 3.96. The van der Waals surface area contributed by atoms with E-state index in [0.29, 0.717) is 28.7 Å². The molecule has 0 bridgehead atoms. The maximum atomic E-state index is 12.6. The van der Waals surface area contributed by atoms with Crippen molar-refractivity contribution < 1.29 is 19.0 Å². The molecular formula is C20H24N2O4S. The van der Waals surface area contributed by atoms with Gasteiger partial charge in [0.25, 0.3) is 5.91 Å². The van der Waals surface area contributed by atoms with Gasteiger partial charge in [-0.2, -0.15) is 0 Å². The summed E-state index contributed by atoms with van der Waals surface area (Å²) in [4.78, 5) is 12.6. The number of nitrogens with one attached hydrogen (secondary N) is 2. The molecule has 0 aliphatic heterocycles. The minimum atomic E-state index is -0.381. The molecule has 0 saturated heterocycles. The topological polar surface area (TPSA) is 68.8 Å². The summed E-state index contributed by atoms with van der Waals surface area (Å²) in [6, 6.07) is 11.0. The molecular weight excluding hydrogens is 364 g/mol. The number of carbonyl (C=O) groups excluding carboxylic acids is 1. The van der Waals surface area contributed by atoms with Gasteiger partial charge in [0, 0.05) is 11.3 Å². The van der Waals surface area contributed by atoms with Crippen molar-refractivity contribution in [2.24, 2.45) is 0 Å². The van der Waals surface area contributed by atoms with Gasteiger partial charge in [-0.1, -0.05) is 32.0 Å². The number of hydrogen-bond acceptors (Lipinski definition) is 5. The van der Waals surface area contributed by atoms with Crippen molar-refractivity contribution in [3.63, 3.8) is 0 Å². The molecule has 1 amide bonds. The van der Waals surface area contributed by atoms with Crippen molar-refractivity contribution >= 4 is 28.9 Å². The SMILES string of the molecule is COc1cc(C(=O)NC(=S)Nc2ccccc2C(C)C)cc(OC)c1OC. The molecule has 0 spiro atoms. The second kappa shape index (κ2) is 9.23. The Kier molecular flexibility index (Phi) is 7.01. The first-order chi connectivity index (χ1) is 12.9. The van der Waals surface area contributed by atoms with Crippen LogP contribution >= 0.6 is 12.2 Å². The van der Waals surface area contributed by atoms with Gasteiger partial charge in [0.2, 0.25) is 5.75 Å². The average molecular weight is 388 g/mol. The zero-order chi connectivity index (χ0) is 20.0. The lowest BCUT2D eigenvalue weighted by atomic mass is 10.0. The lowest BCUT2D eigenvalue weighted by Crippen LogP contribution is -2.34. The first kappa shape index (κ1) is 20.5. The smallest absolute Gasteiger partial charge is 0.257 e. The molecule has 7 heteroatoms. The van der Waals surface area contributed by atoms with Crippen LogP contribution in [0, 0.1) is 0 Å². The van der Waals surface area contributed by atoms with Gasteiger partial charge in [0.1, 0.15) is 0 Å². The highest BCUT2D eigenvalue weighted by molar-refractivity contribution is 7.80. The number of benzene rings is 2. The fourth-order valence-corrected chi connectivity index (χ4v) is 2.86. The summed E-state index contributed by atoms with van der Waals surface area (Å²) in [5.74, 6) is 1.15. The van der Waals surface area contributed by atoms with Crippen LogP contribution in [-0.4, -0.2) is 32.3 Å². The summed E-state index contributed by atoms with van der Waals surface area (Å²) in [5, 5.41) is 5.98. The number of methoxy groups -OCH3 is 3. The highest BCUT2D eigenvalue weighted by Gasteiger charge is 2.18. The number of thiocarbonyl (C=S) groups is 1. The van der Waals surface area contributed by atoms with Gasteiger partial charge in [0.15, 0.2) is 16.6 Å². The molecule has 144 valence electrons. The van der Waals surface area contributed by atoms with Crippen molar-refractivity contribution in [1.82, 2.24) is 5.32 Å². The molecule has 0 atom stereocenters. The van der Waals surface area contributed by atoms with E-state index in [1.807, 2.05) is 24.3 Å². The third-order valence-corrected chi connectivity index (χ3v) is 4.19. The van der Waals surface area contributed by atoms with Crippen molar-refractivity contribution in [3.05, 3.63) is 47.5 Å². The standard InChI is InChI=1S/C20H24N2O4S/c1-12(2)14-8-6-7-9-15(14)21-20(27)22-19(23)13-10-16(24-3)18(26-5)17(11-13)25-4/h6-12H,1-5H3,(H2,21,22,23,27). The summed E-state index contributed by atoms with van der Waals surface area (Å²) >= 11 is 5.30. The summed E-state index contributed by atoms with van der Waals surface area (Å²) in [6.45, 7) is 4.19. The van der Waals surface area contributed by atoms with Crippen LogP contribution in [0.25, 0.3) is 0 Å². The number of rotatable bonds is 6. The summed E-state index contributed by atoms with van der Waals surface area (Å²) in [7, 11) is 4.49. The summed E-state index contributed by atoms with van der Waals surface area (Å²) < 4.78 is 15.8. The van der Waals surface area contributed by atoms with E-state index < -0.39 is 0 Å². The molecule has 0 unspecified atom stereocenters. The molecule has 6 nitrogen and oxygen atoms in total. The van der Waals surface area contributed by atoms with Crippen LogP contribution < -0.4 is 24.8 Å². The lowest BCUT2D eigenvalue weighted by Gasteiger charge is -2.16. The van der Waals surface area contributed by atoms with Crippen molar-refractivity contribution in [1.29, 1.82) is 0 Å². The largest absolute Gasteiger partial charge is 0.493 e. The molecule has 2 aromatic carbocycles. The Hall–Kier alpha value is -2.80. The third-order valence-electron chi connectivity index (χ3n) is 3.98. The highest BCUT2D eigenvalue weighted by Crippen LogP contribution is 2.38. The Morgan fingerprint density at radius 3 is 2.11 bits per heavy atom. The monoisotopic (exact) mass is 388 g/mol. The van der Waals surface area contributed by atoms with Gasteiger partial charge >= 0.3 is 0 Å². The molecule has 2 aromatic rings. The quantitative estimate of drug-likeness (QED) is 0.730. The molecule has 0 fully saturated rings. The molecule has 0 aromatic heterocycles. The molecule has 0 saturated carbocycles. The Morgan fingerprint density at radius 1 is 1.00 bits per heavy atom. The molecule has 27 heavy (non-hydrogen) atoms. The van der Waals surface area contributed by atoms with Crippen molar-refractivity contribution in [2.45, 2.75) is 19.8 Å². The molecule has 0 radical (unpaired) electrons. The van der Waals surface area contributed by atoms with Gasteiger partial charge in [0.05, 0.1) is 21.3 Å². The van der Waals surface area contributed by atoms with Gasteiger partial charge in [-0.3, -0.25) is 10.1 Å². The number of amides is 1. The second-order valence-corrected chi connectivity index (χ2v) is 6.47. The van der Waals surface area contributed by atoms with E-state index >= 15 is 0 Å². The average Bonchev–Trinajstić information content (AvgIpc) is 2.66. The van der Waals surface area contributed by atoms with E-state index in [4.69, 9.17) is 26.4 Å². The molecule has 0 aliphatic rings. The molecule has 0 aliphatic carbocycles. The number of ether oxygens (including phenoxy) is 3. The van der Waals surface area contributed by atoms with Gasteiger partial charge in [-0.25, -0.2) is 0 Å². The van der Waals surface area contributed by atoms with Gasteiger partial charge in [-0.05, 0) is 41.9 Å². The van der Waals surface area contributed by atoms with Crippen LogP contribution in [0.5, 0.6) is 17.2 Å². The van der Waals surface area contributed by atoms with E-state index in [1.165, 1.54) is 21.3 Å². The van der Waals surface area contributed by atoms with E-state index in [9.17, 15) is 4.79 Å². The fourth-order valence-electron chi connectivity index (χ4n) is 2.66. The zero-order valence-electron chi connectivity index (χ0n) is 16.1. The number of hydrogen-bond donors (Lipinski definition) is 2. The van der Waals surface area contributed by atoms with E-state index in [-0.39, 0.29) is 11.0 Å². The molecule has 2 rings (SSSR count).